The SMILES string of the molecule is Cc1cc(Cl)cc(C2C(C(=O)Nc3ccc(Cl)c(C(=O)Cc4ccc(F)cc4)c3)C2(Cl)Cl)c1. The molecule has 1 saturated carbocycles. The van der Waals surface area contributed by atoms with Crippen molar-refractivity contribution in [2.45, 2.75) is 23.6 Å². The number of aryl methyl sites for hydroxylation is 1. The third-order valence-electron chi connectivity index (χ3n) is 5.57. The number of rotatable bonds is 6. The van der Waals surface area contributed by atoms with Crippen LogP contribution < -0.4 is 5.32 Å². The molecule has 8 heteroatoms. The van der Waals surface area contributed by atoms with Crippen LogP contribution in [0.2, 0.25) is 10.0 Å². The van der Waals surface area contributed by atoms with Gasteiger partial charge in [0.05, 0.1) is 10.9 Å². The van der Waals surface area contributed by atoms with Crippen LogP contribution in [0, 0.1) is 18.7 Å². The van der Waals surface area contributed by atoms with Crippen molar-refractivity contribution >= 4 is 63.8 Å². The number of benzene rings is 3. The van der Waals surface area contributed by atoms with E-state index in [9.17, 15) is 14.0 Å². The number of nitrogens with one attached hydrogen (secondary N) is 1. The summed E-state index contributed by atoms with van der Waals surface area (Å²) in [7, 11) is 0. The van der Waals surface area contributed by atoms with Crippen molar-refractivity contribution < 1.29 is 14.0 Å². The van der Waals surface area contributed by atoms with Gasteiger partial charge in [-0.05, 0) is 66.1 Å². The fourth-order valence-electron chi connectivity index (χ4n) is 3.93. The first-order valence-corrected chi connectivity index (χ1v) is 11.6. The zero-order valence-corrected chi connectivity index (χ0v) is 20.4. The van der Waals surface area contributed by atoms with E-state index in [0.717, 1.165) is 11.1 Å². The Hall–Kier alpha value is -2.11. The van der Waals surface area contributed by atoms with Crippen LogP contribution in [0.25, 0.3) is 0 Å². The molecule has 0 aliphatic heterocycles. The van der Waals surface area contributed by atoms with Crippen LogP contribution in [0.5, 0.6) is 0 Å². The molecule has 0 spiro atoms. The minimum absolute atomic E-state index is 0.0443. The lowest BCUT2D eigenvalue weighted by Gasteiger charge is -2.09. The number of hydrogen-bond acceptors (Lipinski definition) is 2. The molecule has 2 unspecified atom stereocenters. The maximum atomic E-state index is 13.1. The molecule has 4 rings (SSSR count). The summed E-state index contributed by atoms with van der Waals surface area (Å²) in [5.74, 6) is -2.11. The van der Waals surface area contributed by atoms with Gasteiger partial charge in [0.2, 0.25) is 5.91 Å². The second-order valence-corrected chi connectivity index (χ2v) is 10.4. The Morgan fingerprint density at radius 3 is 2.36 bits per heavy atom. The third-order valence-corrected chi connectivity index (χ3v) is 7.06. The number of halogens is 5. The summed E-state index contributed by atoms with van der Waals surface area (Å²) in [5.41, 5.74) is 3.02. The van der Waals surface area contributed by atoms with Crippen LogP contribution in [0.4, 0.5) is 10.1 Å². The summed E-state index contributed by atoms with van der Waals surface area (Å²) >= 11 is 25.3. The third kappa shape index (κ3) is 5.20. The highest BCUT2D eigenvalue weighted by atomic mass is 35.5. The van der Waals surface area contributed by atoms with Crippen LogP contribution in [-0.2, 0) is 11.2 Å². The minimum Gasteiger partial charge on any atom is -0.326 e. The molecule has 0 bridgehead atoms. The summed E-state index contributed by atoms with van der Waals surface area (Å²) in [6, 6.07) is 15.8. The van der Waals surface area contributed by atoms with Crippen LogP contribution >= 0.6 is 46.4 Å². The van der Waals surface area contributed by atoms with Crippen molar-refractivity contribution in [3.8, 4) is 0 Å². The molecule has 3 aromatic rings. The average Bonchev–Trinajstić information content (AvgIpc) is 3.32. The first-order chi connectivity index (χ1) is 15.6. The molecule has 0 saturated heterocycles. The molecule has 0 radical (unpaired) electrons. The van der Waals surface area contributed by atoms with Gasteiger partial charge in [0.1, 0.15) is 10.2 Å². The Kier molecular flexibility index (Phi) is 6.75. The molecular formula is C25H18Cl4FNO2. The molecular weight excluding hydrogens is 507 g/mol. The molecule has 0 heterocycles. The molecule has 33 heavy (non-hydrogen) atoms. The molecule has 170 valence electrons. The van der Waals surface area contributed by atoms with E-state index < -0.39 is 16.2 Å². The second-order valence-electron chi connectivity index (χ2n) is 8.10. The number of amides is 1. The number of Topliss-reactive ketones (excluding diaryl/α,β-unsaturated/α-hetero) is 1. The standard InChI is InChI=1S/C25H18Cl4FNO2/c1-13-8-15(11-16(26)9-13)22-23(25(22,28)29)24(33)31-18-6-7-20(27)19(12-18)21(32)10-14-2-4-17(30)5-3-14/h2-9,11-12,22-23H,10H2,1H3,(H,31,33). The summed E-state index contributed by atoms with van der Waals surface area (Å²) in [5, 5.41) is 3.58. The second kappa shape index (κ2) is 9.27. The molecule has 2 atom stereocenters. The smallest absolute Gasteiger partial charge is 0.231 e. The highest BCUT2D eigenvalue weighted by Gasteiger charge is 2.67. The molecule has 1 fully saturated rings. The molecule has 0 aromatic heterocycles. The zero-order chi connectivity index (χ0) is 23.9. The topological polar surface area (TPSA) is 46.2 Å². The van der Waals surface area contributed by atoms with E-state index in [4.69, 9.17) is 46.4 Å². The molecule has 3 aromatic carbocycles. The van der Waals surface area contributed by atoms with E-state index in [1.165, 1.54) is 36.4 Å². The molecule has 1 N–H and O–H groups in total. The number of anilines is 1. The van der Waals surface area contributed by atoms with Gasteiger partial charge in [-0.3, -0.25) is 9.59 Å². The van der Waals surface area contributed by atoms with Gasteiger partial charge in [-0.2, -0.15) is 0 Å². The summed E-state index contributed by atoms with van der Waals surface area (Å²) in [4.78, 5) is 25.7. The maximum absolute atomic E-state index is 13.1. The number of alkyl halides is 2. The fraction of sp³-hybridized carbons (Fsp3) is 0.200. The van der Waals surface area contributed by atoms with Crippen molar-refractivity contribution in [3.05, 3.63) is 98.8 Å². The Morgan fingerprint density at radius 1 is 1.00 bits per heavy atom. The van der Waals surface area contributed by atoms with Crippen LogP contribution in [-0.4, -0.2) is 16.0 Å². The highest BCUT2D eigenvalue weighted by molar-refractivity contribution is 6.53. The van der Waals surface area contributed by atoms with E-state index in [0.29, 0.717) is 16.3 Å². The Labute approximate surface area is 210 Å². The van der Waals surface area contributed by atoms with E-state index in [1.807, 2.05) is 19.1 Å². The first-order valence-electron chi connectivity index (χ1n) is 10.1. The molecule has 1 aliphatic rings. The van der Waals surface area contributed by atoms with Crippen molar-refractivity contribution in [1.82, 2.24) is 0 Å². The maximum Gasteiger partial charge on any atom is 0.231 e. The van der Waals surface area contributed by atoms with Crippen LogP contribution in [0.3, 0.4) is 0 Å². The van der Waals surface area contributed by atoms with E-state index in [-0.39, 0.29) is 34.5 Å². The summed E-state index contributed by atoms with van der Waals surface area (Å²) in [6.07, 6.45) is 0.0443. The first kappa shape index (κ1) is 24.0. The lowest BCUT2D eigenvalue weighted by atomic mass is 10.0. The van der Waals surface area contributed by atoms with Crippen molar-refractivity contribution in [3.63, 3.8) is 0 Å². The monoisotopic (exact) mass is 523 g/mol. The minimum atomic E-state index is -1.27. The van der Waals surface area contributed by atoms with Gasteiger partial charge >= 0.3 is 0 Å². The van der Waals surface area contributed by atoms with Gasteiger partial charge < -0.3 is 5.32 Å². The fourth-order valence-corrected chi connectivity index (χ4v) is 5.28. The molecule has 1 amide bonds. The summed E-state index contributed by atoms with van der Waals surface area (Å²) in [6.45, 7) is 1.90. The van der Waals surface area contributed by atoms with E-state index in [2.05, 4.69) is 5.32 Å². The van der Waals surface area contributed by atoms with Crippen LogP contribution in [0.15, 0.2) is 60.7 Å². The number of hydrogen-bond donors (Lipinski definition) is 1. The Balaban J connectivity index is 1.50. The lowest BCUT2D eigenvalue weighted by Crippen LogP contribution is -2.17. The van der Waals surface area contributed by atoms with E-state index in [1.54, 1.807) is 12.1 Å². The quantitative estimate of drug-likeness (QED) is 0.270. The van der Waals surface area contributed by atoms with Gasteiger partial charge in [0, 0.05) is 28.6 Å². The Morgan fingerprint density at radius 2 is 1.70 bits per heavy atom. The van der Waals surface area contributed by atoms with Gasteiger partial charge in [0.25, 0.3) is 0 Å². The normalized spacial score (nSPS) is 18.6. The average molecular weight is 525 g/mol. The number of ketones is 1. The largest absolute Gasteiger partial charge is 0.326 e. The van der Waals surface area contributed by atoms with Crippen molar-refractivity contribution in [1.29, 1.82) is 0 Å². The van der Waals surface area contributed by atoms with Gasteiger partial charge in [-0.1, -0.05) is 41.4 Å². The number of carbonyl (C=O) groups is 2. The Bertz CT molecular complexity index is 1220. The zero-order valence-electron chi connectivity index (χ0n) is 17.3. The molecule has 3 nitrogen and oxygen atoms in total. The van der Waals surface area contributed by atoms with Crippen LogP contribution in [0.1, 0.15) is 33.0 Å². The summed E-state index contributed by atoms with van der Waals surface area (Å²) < 4.78 is 11.8. The van der Waals surface area contributed by atoms with Gasteiger partial charge in [-0.25, -0.2) is 4.39 Å². The van der Waals surface area contributed by atoms with Crippen molar-refractivity contribution in [2.75, 3.05) is 5.32 Å². The van der Waals surface area contributed by atoms with Crippen molar-refractivity contribution in [2.24, 2.45) is 5.92 Å². The molecule has 1 aliphatic carbocycles. The van der Waals surface area contributed by atoms with Gasteiger partial charge in [-0.15, -0.1) is 23.2 Å². The van der Waals surface area contributed by atoms with E-state index >= 15 is 0 Å². The predicted molar refractivity (Wildman–Crippen MR) is 131 cm³/mol. The lowest BCUT2D eigenvalue weighted by molar-refractivity contribution is -0.117. The highest BCUT2D eigenvalue weighted by Crippen LogP contribution is 2.65. The number of carbonyl (C=O) groups excluding carboxylic acids is 2. The van der Waals surface area contributed by atoms with Gasteiger partial charge in [0.15, 0.2) is 5.78 Å². The predicted octanol–water partition coefficient (Wildman–Crippen LogP) is 7.39.